The van der Waals surface area contributed by atoms with Crippen molar-refractivity contribution in [3.63, 3.8) is 0 Å². The van der Waals surface area contributed by atoms with Gasteiger partial charge in [0.2, 0.25) is 0 Å². The van der Waals surface area contributed by atoms with Gasteiger partial charge in [-0.2, -0.15) is 0 Å². The number of hydrogen-bond donors (Lipinski definition) is 1. The lowest BCUT2D eigenvalue weighted by Crippen LogP contribution is -2.38. The van der Waals surface area contributed by atoms with E-state index in [2.05, 4.69) is 26.1 Å². The number of unbranched alkanes of at least 4 members (excludes halogenated alkanes) is 1. The minimum Gasteiger partial charge on any atom is -0.325 e. The van der Waals surface area contributed by atoms with Gasteiger partial charge in [-0.1, -0.05) is 32.8 Å². The number of nitrogens with one attached hydrogen (secondary N) is 1. The summed E-state index contributed by atoms with van der Waals surface area (Å²) in [6.07, 6.45) is 5.99. The van der Waals surface area contributed by atoms with Crippen molar-refractivity contribution < 1.29 is 4.79 Å². The van der Waals surface area contributed by atoms with Crippen LogP contribution in [-0.4, -0.2) is 24.0 Å². The Bertz CT molecular complexity index is 224. The summed E-state index contributed by atoms with van der Waals surface area (Å²) in [5.41, 5.74) is 1.19. The molecule has 16 heavy (non-hydrogen) atoms. The quantitative estimate of drug-likeness (QED) is 0.707. The van der Waals surface area contributed by atoms with Crippen molar-refractivity contribution in [2.75, 3.05) is 13.1 Å². The molecule has 0 saturated heterocycles. The van der Waals surface area contributed by atoms with E-state index in [-0.39, 0.29) is 6.03 Å². The molecule has 0 heterocycles. The van der Waals surface area contributed by atoms with Gasteiger partial charge in [-0.15, -0.1) is 0 Å². The highest BCUT2D eigenvalue weighted by Crippen LogP contribution is 1.99. The molecule has 1 N–H and O–H groups in total. The standard InChI is InChI=1S/C13H26N2O/c1-5-8-10-15(9-6-2)13(16)14-11-12(4)7-3/h11H,5-10H2,1-4H3,(H,14,16)/b12-11+. The van der Waals surface area contributed by atoms with E-state index < -0.39 is 0 Å². The van der Waals surface area contributed by atoms with Crippen LogP contribution >= 0.6 is 0 Å². The van der Waals surface area contributed by atoms with E-state index in [1.165, 1.54) is 5.57 Å². The van der Waals surface area contributed by atoms with E-state index in [1.807, 2.05) is 18.0 Å². The van der Waals surface area contributed by atoms with E-state index in [4.69, 9.17) is 0 Å². The fourth-order valence-electron chi connectivity index (χ4n) is 1.31. The van der Waals surface area contributed by atoms with Crippen LogP contribution in [0.1, 0.15) is 53.4 Å². The van der Waals surface area contributed by atoms with Crippen molar-refractivity contribution in [1.29, 1.82) is 0 Å². The Balaban J connectivity index is 4.15. The second kappa shape index (κ2) is 9.25. The molecule has 0 atom stereocenters. The van der Waals surface area contributed by atoms with Gasteiger partial charge >= 0.3 is 6.03 Å². The van der Waals surface area contributed by atoms with Gasteiger partial charge in [0.05, 0.1) is 0 Å². The number of hydrogen-bond acceptors (Lipinski definition) is 1. The largest absolute Gasteiger partial charge is 0.325 e. The van der Waals surface area contributed by atoms with E-state index in [0.717, 1.165) is 38.8 Å². The molecule has 0 aromatic heterocycles. The maximum atomic E-state index is 11.8. The Morgan fingerprint density at radius 1 is 1.19 bits per heavy atom. The number of nitrogens with zero attached hydrogens (tertiary/aromatic N) is 1. The van der Waals surface area contributed by atoms with Gasteiger partial charge in [-0.25, -0.2) is 4.79 Å². The average Bonchev–Trinajstić information content (AvgIpc) is 2.30. The Morgan fingerprint density at radius 3 is 2.38 bits per heavy atom. The third-order valence-corrected chi connectivity index (χ3v) is 2.56. The van der Waals surface area contributed by atoms with Gasteiger partial charge in [0.1, 0.15) is 0 Å². The molecule has 0 aliphatic heterocycles. The molecule has 0 aliphatic rings. The molecule has 0 bridgehead atoms. The van der Waals surface area contributed by atoms with Gasteiger partial charge in [-0.05, 0) is 26.2 Å². The van der Waals surface area contributed by atoms with E-state index >= 15 is 0 Å². The maximum absolute atomic E-state index is 11.8. The van der Waals surface area contributed by atoms with Crippen molar-refractivity contribution in [3.05, 3.63) is 11.8 Å². The molecule has 3 nitrogen and oxygen atoms in total. The van der Waals surface area contributed by atoms with Crippen LogP contribution in [0, 0.1) is 0 Å². The van der Waals surface area contributed by atoms with Gasteiger partial charge in [0, 0.05) is 19.3 Å². The summed E-state index contributed by atoms with van der Waals surface area (Å²) in [6, 6.07) is 0.0306. The molecule has 0 saturated carbocycles. The molecule has 0 aromatic carbocycles. The summed E-state index contributed by atoms with van der Waals surface area (Å²) in [5, 5.41) is 2.85. The molecule has 0 rings (SSSR count). The maximum Gasteiger partial charge on any atom is 0.321 e. The van der Waals surface area contributed by atoms with Crippen LogP contribution in [0.25, 0.3) is 0 Å². The summed E-state index contributed by atoms with van der Waals surface area (Å²) in [6.45, 7) is 10.0. The molecule has 0 radical (unpaired) electrons. The summed E-state index contributed by atoms with van der Waals surface area (Å²) in [5.74, 6) is 0. The lowest BCUT2D eigenvalue weighted by molar-refractivity contribution is 0.200. The molecular formula is C13H26N2O. The predicted molar refractivity (Wildman–Crippen MR) is 69.4 cm³/mol. The molecule has 0 aromatic rings. The van der Waals surface area contributed by atoms with E-state index in [0.29, 0.717) is 0 Å². The fourth-order valence-corrected chi connectivity index (χ4v) is 1.31. The van der Waals surface area contributed by atoms with Crippen LogP contribution < -0.4 is 5.32 Å². The fraction of sp³-hybridized carbons (Fsp3) is 0.769. The Labute approximate surface area is 99.9 Å². The van der Waals surface area contributed by atoms with Crippen molar-refractivity contribution in [2.24, 2.45) is 0 Å². The number of allylic oxidation sites excluding steroid dienone is 1. The third-order valence-electron chi connectivity index (χ3n) is 2.56. The molecule has 0 aliphatic carbocycles. The zero-order valence-corrected chi connectivity index (χ0v) is 11.2. The van der Waals surface area contributed by atoms with E-state index in [9.17, 15) is 4.79 Å². The van der Waals surface area contributed by atoms with Crippen LogP contribution in [0.5, 0.6) is 0 Å². The van der Waals surface area contributed by atoms with Gasteiger partial charge in [-0.3, -0.25) is 0 Å². The number of amides is 2. The highest BCUT2D eigenvalue weighted by Gasteiger charge is 2.09. The zero-order chi connectivity index (χ0) is 12.4. The normalized spacial score (nSPS) is 11.4. The van der Waals surface area contributed by atoms with Crippen molar-refractivity contribution in [1.82, 2.24) is 10.2 Å². The van der Waals surface area contributed by atoms with Crippen LogP contribution in [0.3, 0.4) is 0 Å². The highest BCUT2D eigenvalue weighted by atomic mass is 16.2. The Morgan fingerprint density at radius 2 is 1.88 bits per heavy atom. The van der Waals surface area contributed by atoms with Crippen LogP contribution in [-0.2, 0) is 0 Å². The monoisotopic (exact) mass is 226 g/mol. The summed E-state index contributed by atoms with van der Waals surface area (Å²) < 4.78 is 0. The first-order valence-corrected chi connectivity index (χ1v) is 6.36. The topological polar surface area (TPSA) is 32.3 Å². The molecular weight excluding hydrogens is 200 g/mol. The van der Waals surface area contributed by atoms with Gasteiger partial charge in [0.15, 0.2) is 0 Å². The number of rotatable bonds is 7. The Kier molecular flexibility index (Phi) is 8.68. The predicted octanol–water partition coefficient (Wildman–Crippen LogP) is 3.52. The molecule has 0 fully saturated rings. The first-order valence-electron chi connectivity index (χ1n) is 6.36. The highest BCUT2D eigenvalue weighted by molar-refractivity contribution is 5.75. The number of carbonyl (C=O) groups excluding carboxylic acids is 1. The van der Waals surface area contributed by atoms with E-state index in [1.54, 1.807) is 0 Å². The van der Waals surface area contributed by atoms with Crippen LogP contribution in [0.2, 0.25) is 0 Å². The number of carbonyl (C=O) groups is 1. The van der Waals surface area contributed by atoms with Gasteiger partial charge in [0.25, 0.3) is 0 Å². The first kappa shape index (κ1) is 15.0. The lowest BCUT2D eigenvalue weighted by Gasteiger charge is -2.21. The van der Waals surface area contributed by atoms with Crippen molar-refractivity contribution >= 4 is 6.03 Å². The number of urea groups is 1. The molecule has 0 spiro atoms. The molecule has 94 valence electrons. The minimum absolute atomic E-state index is 0.0306. The summed E-state index contributed by atoms with van der Waals surface area (Å²) in [4.78, 5) is 13.7. The molecule has 0 unspecified atom stereocenters. The van der Waals surface area contributed by atoms with Crippen molar-refractivity contribution in [2.45, 2.75) is 53.4 Å². The van der Waals surface area contributed by atoms with Gasteiger partial charge < -0.3 is 10.2 Å². The zero-order valence-electron chi connectivity index (χ0n) is 11.2. The van der Waals surface area contributed by atoms with Crippen LogP contribution in [0.15, 0.2) is 11.8 Å². The Hall–Kier alpha value is -0.990. The minimum atomic E-state index is 0.0306. The molecule has 3 heteroatoms. The smallest absolute Gasteiger partial charge is 0.321 e. The third kappa shape index (κ3) is 6.49. The average molecular weight is 226 g/mol. The lowest BCUT2D eigenvalue weighted by atomic mass is 10.2. The van der Waals surface area contributed by atoms with Crippen LogP contribution in [0.4, 0.5) is 4.79 Å². The summed E-state index contributed by atoms with van der Waals surface area (Å²) >= 11 is 0. The first-order chi connectivity index (χ1) is 7.65. The SMILES string of the molecule is CCCCN(CCC)C(=O)N/C=C(\C)CC. The summed E-state index contributed by atoms with van der Waals surface area (Å²) in [7, 11) is 0. The second-order valence-corrected chi connectivity index (χ2v) is 4.13. The second-order valence-electron chi connectivity index (χ2n) is 4.13. The van der Waals surface area contributed by atoms with Crippen molar-refractivity contribution in [3.8, 4) is 0 Å². The molecule has 2 amide bonds.